The van der Waals surface area contributed by atoms with Gasteiger partial charge in [-0.1, -0.05) is 0 Å². The number of hydrogen-bond acceptors (Lipinski definition) is 10. The van der Waals surface area contributed by atoms with Crippen LogP contribution in [0, 0.1) is 40.5 Å². The normalized spacial score (nSPS) is 10.0. The van der Waals surface area contributed by atoms with Crippen LogP contribution in [0.4, 0.5) is 34.1 Å². The predicted octanol–water partition coefficient (Wildman–Crippen LogP) is 2.76. The minimum Gasteiger partial charge on any atom is -0.294 e. The van der Waals surface area contributed by atoms with Gasteiger partial charge in [-0.3, -0.25) is 51.3 Å². The van der Waals surface area contributed by atoms with Crippen LogP contribution in [-0.2, 0) is 0 Å². The van der Waals surface area contributed by atoms with Gasteiger partial charge in [-0.05, 0) is 12.1 Å². The van der Waals surface area contributed by atoms with Crippen molar-refractivity contribution in [3.05, 3.63) is 76.9 Å². The second-order valence-corrected chi connectivity index (χ2v) is 4.65. The van der Waals surface area contributed by atoms with Crippen molar-refractivity contribution in [2.24, 2.45) is 0 Å². The SMILES string of the molecule is O=[N+]([O-])c1ccc(NNc2c([N+](=O)[O-])cccc2[N+](=O)[O-])c([N+](=O)[O-])c1. The van der Waals surface area contributed by atoms with Gasteiger partial charge in [0.25, 0.3) is 5.69 Å². The number of nitro benzene ring substituents is 4. The molecule has 0 saturated heterocycles. The molecule has 0 bridgehead atoms. The van der Waals surface area contributed by atoms with Crippen molar-refractivity contribution in [3.63, 3.8) is 0 Å². The van der Waals surface area contributed by atoms with Crippen molar-refractivity contribution in [1.82, 2.24) is 0 Å². The average molecular weight is 364 g/mol. The molecule has 0 spiro atoms. The summed E-state index contributed by atoms with van der Waals surface area (Å²) in [4.78, 5) is 40.3. The molecular weight excluding hydrogens is 356 g/mol. The first kappa shape index (κ1) is 18.0. The molecule has 0 aliphatic heterocycles. The molecule has 0 amide bonds. The number of non-ortho nitro benzene ring substituents is 1. The molecule has 14 heteroatoms. The van der Waals surface area contributed by atoms with Crippen LogP contribution in [0.1, 0.15) is 0 Å². The van der Waals surface area contributed by atoms with Crippen molar-refractivity contribution in [2.45, 2.75) is 0 Å². The zero-order valence-corrected chi connectivity index (χ0v) is 12.5. The molecule has 0 atom stereocenters. The molecule has 0 aliphatic carbocycles. The molecule has 2 aromatic carbocycles. The van der Waals surface area contributed by atoms with Crippen LogP contribution in [0.25, 0.3) is 0 Å². The van der Waals surface area contributed by atoms with Gasteiger partial charge in [-0.15, -0.1) is 0 Å². The second kappa shape index (κ2) is 7.04. The number of para-hydroxylation sites is 1. The van der Waals surface area contributed by atoms with E-state index < -0.39 is 48.1 Å². The molecular formula is C12H8N6O8. The topological polar surface area (TPSA) is 197 Å². The molecule has 2 N–H and O–H groups in total. The number of hydrazine groups is 1. The third kappa shape index (κ3) is 3.58. The average Bonchev–Trinajstić information content (AvgIpc) is 2.58. The van der Waals surface area contributed by atoms with E-state index >= 15 is 0 Å². The summed E-state index contributed by atoms with van der Waals surface area (Å²) in [6.07, 6.45) is 0. The Kier molecular flexibility index (Phi) is 4.87. The number of hydrogen-bond donors (Lipinski definition) is 2. The number of nitro groups is 4. The highest BCUT2D eigenvalue weighted by Crippen LogP contribution is 2.35. The van der Waals surface area contributed by atoms with E-state index in [0.717, 1.165) is 30.3 Å². The van der Waals surface area contributed by atoms with E-state index in [0.29, 0.717) is 6.07 Å². The van der Waals surface area contributed by atoms with Crippen LogP contribution < -0.4 is 10.9 Å². The van der Waals surface area contributed by atoms with E-state index in [1.54, 1.807) is 0 Å². The van der Waals surface area contributed by atoms with Crippen LogP contribution in [0.15, 0.2) is 36.4 Å². The monoisotopic (exact) mass is 364 g/mol. The number of benzene rings is 2. The van der Waals surface area contributed by atoms with Crippen molar-refractivity contribution in [2.75, 3.05) is 10.9 Å². The largest absolute Gasteiger partial charge is 0.301 e. The molecule has 0 saturated carbocycles. The maximum absolute atomic E-state index is 11.1. The summed E-state index contributed by atoms with van der Waals surface area (Å²) in [5, 5.41) is 43.8. The van der Waals surface area contributed by atoms with Crippen molar-refractivity contribution >= 4 is 34.1 Å². The first-order valence-electron chi connectivity index (χ1n) is 6.59. The maximum Gasteiger partial charge on any atom is 0.301 e. The predicted molar refractivity (Wildman–Crippen MR) is 86.7 cm³/mol. The van der Waals surface area contributed by atoms with Gasteiger partial charge in [0.15, 0.2) is 0 Å². The molecule has 0 heterocycles. The Hall–Kier alpha value is -4.36. The van der Waals surface area contributed by atoms with Gasteiger partial charge < -0.3 is 0 Å². The lowest BCUT2D eigenvalue weighted by Crippen LogP contribution is -2.13. The third-order valence-corrected chi connectivity index (χ3v) is 3.12. The number of nitrogens with zero attached hydrogens (tertiary/aromatic N) is 4. The Morgan fingerprint density at radius 3 is 1.65 bits per heavy atom. The minimum atomic E-state index is -0.912. The van der Waals surface area contributed by atoms with Crippen LogP contribution in [0.2, 0.25) is 0 Å². The summed E-state index contributed by atoms with van der Waals surface area (Å²) in [5.41, 5.74) is 1.10. The molecule has 2 aromatic rings. The van der Waals surface area contributed by atoms with E-state index in [9.17, 15) is 40.5 Å². The molecule has 134 valence electrons. The number of anilines is 2. The highest BCUT2D eigenvalue weighted by molar-refractivity contribution is 5.76. The standard InChI is InChI=1S/C12H8N6O8/c19-15(20)7-4-5-8(11(6-7)18(25)26)13-14-12-9(16(21)22)2-1-3-10(12)17(23)24/h1-6,13-14H. The zero-order valence-electron chi connectivity index (χ0n) is 12.5. The Labute approximate surface area is 142 Å². The highest BCUT2D eigenvalue weighted by atomic mass is 16.6. The summed E-state index contributed by atoms with van der Waals surface area (Å²) in [5.74, 6) is 0. The van der Waals surface area contributed by atoms with E-state index in [1.165, 1.54) is 0 Å². The lowest BCUT2D eigenvalue weighted by atomic mass is 10.2. The molecule has 26 heavy (non-hydrogen) atoms. The minimum absolute atomic E-state index is 0.284. The smallest absolute Gasteiger partial charge is 0.294 e. The zero-order chi connectivity index (χ0) is 19.4. The van der Waals surface area contributed by atoms with Gasteiger partial charge in [-0.2, -0.15) is 0 Å². The van der Waals surface area contributed by atoms with Crippen molar-refractivity contribution in [3.8, 4) is 0 Å². The molecule has 14 nitrogen and oxygen atoms in total. The van der Waals surface area contributed by atoms with Gasteiger partial charge in [0.1, 0.15) is 5.69 Å². The summed E-state index contributed by atoms with van der Waals surface area (Å²) < 4.78 is 0. The summed E-state index contributed by atoms with van der Waals surface area (Å²) >= 11 is 0. The highest BCUT2D eigenvalue weighted by Gasteiger charge is 2.26. The maximum atomic E-state index is 11.1. The number of rotatable bonds is 7. The molecule has 0 unspecified atom stereocenters. The summed E-state index contributed by atoms with van der Waals surface area (Å²) in [6, 6.07) is 5.74. The molecule has 0 aliphatic rings. The quantitative estimate of drug-likeness (QED) is 0.544. The van der Waals surface area contributed by atoms with Gasteiger partial charge in [0.2, 0.25) is 5.69 Å². The fourth-order valence-electron chi connectivity index (χ4n) is 1.98. The Bertz CT molecular complexity index is 898. The molecule has 0 fully saturated rings. The van der Waals surface area contributed by atoms with Gasteiger partial charge in [-0.25, -0.2) is 0 Å². The van der Waals surface area contributed by atoms with Gasteiger partial charge in [0, 0.05) is 18.2 Å². The first-order valence-corrected chi connectivity index (χ1v) is 6.59. The lowest BCUT2D eigenvalue weighted by Gasteiger charge is -2.10. The number of nitrogens with one attached hydrogen (secondary N) is 2. The molecule has 2 rings (SSSR count). The van der Waals surface area contributed by atoms with Crippen LogP contribution in [0.5, 0.6) is 0 Å². The van der Waals surface area contributed by atoms with E-state index in [1.807, 2.05) is 0 Å². The first-order chi connectivity index (χ1) is 12.2. The van der Waals surface area contributed by atoms with Crippen molar-refractivity contribution < 1.29 is 19.7 Å². The van der Waals surface area contributed by atoms with Gasteiger partial charge >= 0.3 is 17.1 Å². The molecule has 0 radical (unpaired) electrons. The Balaban J connectivity index is 2.43. The van der Waals surface area contributed by atoms with Crippen LogP contribution >= 0.6 is 0 Å². The fraction of sp³-hybridized carbons (Fsp3) is 0. The van der Waals surface area contributed by atoms with Gasteiger partial charge in [0.05, 0.1) is 25.8 Å². The lowest BCUT2D eigenvalue weighted by molar-refractivity contribution is -0.393. The van der Waals surface area contributed by atoms with E-state index in [-0.39, 0.29) is 5.69 Å². The van der Waals surface area contributed by atoms with Crippen molar-refractivity contribution in [1.29, 1.82) is 0 Å². The van der Waals surface area contributed by atoms with E-state index in [4.69, 9.17) is 0 Å². The molecule has 0 aromatic heterocycles. The van der Waals surface area contributed by atoms with E-state index in [2.05, 4.69) is 10.9 Å². The Morgan fingerprint density at radius 1 is 0.654 bits per heavy atom. The summed E-state index contributed by atoms with van der Waals surface area (Å²) in [6.45, 7) is 0. The Morgan fingerprint density at radius 2 is 1.19 bits per heavy atom. The second-order valence-electron chi connectivity index (χ2n) is 4.65. The summed E-state index contributed by atoms with van der Waals surface area (Å²) in [7, 11) is 0. The van der Waals surface area contributed by atoms with Crippen LogP contribution in [0.3, 0.4) is 0 Å². The van der Waals surface area contributed by atoms with Crippen LogP contribution in [-0.4, -0.2) is 19.7 Å². The third-order valence-electron chi connectivity index (χ3n) is 3.12. The fourth-order valence-corrected chi connectivity index (χ4v) is 1.98.